The molecule has 5 heteroatoms. The van der Waals surface area contributed by atoms with Gasteiger partial charge in [-0.15, -0.1) is 0 Å². The van der Waals surface area contributed by atoms with Gasteiger partial charge in [-0.2, -0.15) is 0 Å². The highest BCUT2D eigenvalue weighted by atomic mass is 16.5. The summed E-state index contributed by atoms with van der Waals surface area (Å²) >= 11 is 0. The molecule has 1 aromatic rings. The minimum atomic E-state index is 0.487. The second-order valence-electron chi connectivity index (χ2n) is 4.61. The number of benzene rings is 1. The van der Waals surface area contributed by atoms with Crippen LogP contribution in [0.5, 0.6) is 5.75 Å². The van der Waals surface area contributed by atoms with Crippen LogP contribution in [0.2, 0.25) is 0 Å². The van der Waals surface area contributed by atoms with Crippen molar-refractivity contribution in [2.45, 2.75) is 13.1 Å². The molecule has 0 spiro atoms. The molecule has 0 bridgehead atoms. The van der Waals surface area contributed by atoms with Gasteiger partial charge in [0.1, 0.15) is 5.75 Å². The molecule has 20 heavy (non-hydrogen) atoms. The molecule has 0 saturated heterocycles. The summed E-state index contributed by atoms with van der Waals surface area (Å²) in [6, 6.07) is 6.17. The Labute approximate surface area is 121 Å². The first kappa shape index (κ1) is 16.9. The lowest BCUT2D eigenvalue weighted by atomic mass is 10.1. The molecule has 0 radical (unpaired) electrons. The van der Waals surface area contributed by atoms with Crippen molar-refractivity contribution in [3.8, 4) is 5.75 Å². The van der Waals surface area contributed by atoms with Crippen molar-refractivity contribution >= 4 is 0 Å². The molecule has 5 nitrogen and oxygen atoms in total. The zero-order chi connectivity index (χ0) is 14.8. The summed E-state index contributed by atoms with van der Waals surface area (Å²) in [6.07, 6.45) is 0. The van der Waals surface area contributed by atoms with E-state index in [1.54, 1.807) is 21.3 Å². The quantitative estimate of drug-likeness (QED) is 0.700. The minimum absolute atomic E-state index is 0.487. The third kappa shape index (κ3) is 5.46. The Balaban J connectivity index is 2.70. The lowest BCUT2D eigenvalue weighted by Crippen LogP contribution is -2.30. The molecule has 114 valence electrons. The molecule has 1 aromatic carbocycles. The molecule has 0 saturated carbocycles. The van der Waals surface area contributed by atoms with Crippen LogP contribution in [0.15, 0.2) is 18.2 Å². The Hall–Kier alpha value is -1.14. The van der Waals surface area contributed by atoms with Crippen LogP contribution in [-0.2, 0) is 22.6 Å². The summed E-state index contributed by atoms with van der Waals surface area (Å²) in [5, 5.41) is 0. The Morgan fingerprint density at radius 3 is 2.20 bits per heavy atom. The summed E-state index contributed by atoms with van der Waals surface area (Å²) in [5.41, 5.74) is 7.91. The molecule has 2 N–H and O–H groups in total. The van der Waals surface area contributed by atoms with Crippen LogP contribution in [0.25, 0.3) is 0 Å². The first-order chi connectivity index (χ1) is 9.74. The largest absolute Gasteiger partial charge is 0.496 e. The molecule has 0 aliphatic rings. The molecule has 0 aliphatic carbocycles. The van der Waals surface area contributed by atoms with E-state index >= 15 is 0 Å². The molecule has 1 rings (SSSR count). The van der Waals surface area contributed by atoms with Gasteiger partial charge < -0.3 is 19.9 Å². The maximum absolute atomic E-state index is 5.69. The summed E-state index contributed by atoms with van der Waals surface area (Å²) in [6.45, 7) is 4.50. The number of hydrogen-bond donors (Lipinski definition) is 1. The van der Waals surface area contributed by atoms with Crippen molar-refractivity contribution in [2.75, 3.05) is 47.6 Å². The lowest BCUT2D eigenvalue weighted by Gasteiger charge is -2.22. The van der Waals surface area contributed by atoms with Crippen molar-refractivity contribution in [3.05, 3.63) is 29.3 Å². The van der Waals surface area contributed by atoms with Gasteiger partial charge in [0.25, 0.3) is 0 Å². The van der Waals surface area contributed by atoms with Crippen molar-refractivity contribution in [1.29, 1.82) is 0 Å². The fourth-order valence-corrected chi connectivity index (χ4v) is 2.02. The van der Waals surface area contributed by atoms with Crippen molar-refractivity contribution < 1.29 is 14.2 Å². The normalized spacial score (nSPS) is 11.1. The van der Waals surface area contributed by atoms with Gasteiger partial charge in [-0.3, -0.25) is 4.90 Å². The first-order valence-corrected chi connectivity index (χ1v) is 6.81. The van der Waals surface area contributed by atoms with E-state index in [0.717, 1.165) is 30.9 Å². The van der Waals surface area contributed by atoms with Gasteiger partial charge in [0, 0.05) is 46.0 Å². The van der Waals surface area contributed by atoms with Crippen LogP contribution >= 0.6 is 0 Å². The van der Waals surface area contributed by atoms with E-state index in [1.165, 1.54) is 5.56 Å². The Bertz CT molecular complexity index is 377. The summed E-state index contributed by atoms with van der Waals surface area (Å²) < 4.78 is 15.7. The monoisotopic (exact) mass is 282 g/mol. The number of ether oxygens (including phenoxy) is 3. The van der Waals surface area contributed by atoms with E-state index in [2.05, 4.69) is 17.0 Å². The van der Waals surface area contributed by atoms with Crippen LogP contribution in [0, 0.1) is 0 Å². The van der Waals surface area contributed by atoms with Gasteiger partial charge in [-0.05, 0) is 11.6 Å². The number of nitrogens with zero attached hydrogens (tertiary/aromatic N) is 1. The SMILES string of the molecule is COCCN(CCOC)Cc1ccc(CN)c(OC)c1. The van der Waals surface area contributed by atoms with E-state index in [0.29, 0.717) is 19.8 Å². The zero-order valence-corrected chi connectivity index (χ0v) is 12.7. The second-order valence-corrected chi connectivity index (χ2v) is 4.61. The fourth-order valence-electron chi connectivity index (χ4n) is 2.02. The van der Waals surface area contributed by atoms with Crippen molar-refractivity contribution in [3.63, 3.8) is 0 Å². The average molecular weight is 282 g/mol. The Kier molecular flexibility index (Phi) is 8.22. The zero-order valence-electron chi connectivity index (χ0n) is 12.7. The van der Waals surface area contributed by atoms with Gasteiger partial charge in [-0.25, -0.2) is 0 Å². The molecule has 0 heterocycles. The average Bonchev–Trinajstić information content (AvgIpc) is 2.49. The molecule has 0 fully saturated rings. The van der Waals surface area contributed by atoms with Crippen LogP contribution in [0.1, 0.15) is 11.1 Å². The van der Waals surface area contributed by atoms with Crippen LogP contribution in [0.4, 0.5) is 0 Å². The topological polar surface area (TPSA) is 57.0 Å². The predicted molar refractivity (Wildman–Crippen MR) is 79.9 cm³/mol. The maximum Gasteiger partial charge on any atom is 0.123 e. The fraction of sp³-hybridized carbons (Fsp3) is 0.600. The van der Waals surface area contributed by atoms with E-state index in [9.17, 15) is 0 Å². The summed E-state index contributed by atoms with van der Waals surface area (Å²) in [7, 11) is 5.10. The highest BCUT2D eigenvalue weighted by molar-refractivity contribution is 5.37. The highest BCUT2D eigenvalue weighted by Gasteiger charge is 2.08. The lowest BCUT2D eigenvalue weighted by molar-refractivity contribution is 0.110. The molecular formula is C15H26N2O3. The van der Waals surface area contributed by atoms with E-state index < -0.39 is 0 Å². The standard InChI is InChI=1S/C15H26N2O3/c1-18-8-6-17(7-9-19-2)12-13-4-5-14(11-16)15(10-13)20-3/h4-5,10H,6-9,11-12,16H2,1-3H3. The molecule has 0 aliphatic heterocycles. The van der Waals surface area contributed by atoms with E-state index in [1.807, 2.05) is 6.07 Å². The number of methoxy groups -OCH3 is 3. The van der Waals surface area contributed by atoms with Gasteiger partial charge in [-0.1, -0.05) is 12.1 Å². The summed E-state index contributed by atoms with van der Waals surface area (Å²) in [5.74, 6) is 0.850. The number of rotatable bonds is 10. The minimum Gasteiger partial charge on any atom is -0.496 e. The van der Waals surface area contributed by atoms with Crippen molar-refractivity contribution in [1.82, 2.24) is 4.90 Å². The van der Waals surface area contributed by atoms with Gasteiger partial charge >= 0.3 is 0 Å². The molecular weight excluding hydrogens is 256 g/mol. The van der Waals surface area contributed by atoms with Crippen LogP contribution in [0.3, 0.4) is 0 Å². The summed E-state index contributed by atoms with van der Waals surface area (Å²) in [4.78, 5) is 2.30. The highest BCUT2D eigenvalue weighted by Crippen LogP contribution is 2.20. The smallest absolute Gasteiger partial charge is 0.123 e. The van der Waals surface area contributed by atoms with Crippen LogP contribution in [-0.4, -0.2) is 52.5 Å². The van der Waals surface area contributed by atoms with Crippen molar-refractivity contribution in [2.24, 2.45) is 5.73 Å². The predicted octanol–water partition coefficient (Wildman–Crippen LogP) is 1.25. The Morgan fingerprint density at radius 2 is 1.70 bits per heavy atom. The van der Waals surface area contributed by atoms with Gasteiger partial charge in [0.15, 0.2) is 0 Å². The van der Waals surface area contributed by atoms with E-state index in [4.69, 9.17) is 19.9 Å². The van der Waals surface area contributed by atoms with Gasteiger partial charge in [0.2, 0.25) is 0 Å². The number of nitrogens with two attached hydrogens (primary N) is 1. The molecule has 0 unspecified atom stereocenters. The Morgan fingerprint density at radius 1 is 1.05 bits per heavy atom. The third-order valence-corrected chi connectivity index (χ3v) is 3.20. The second kappa shape index (κ2) is 9.72. The third-order valence-electron chi connectivity index (χ3n) is 3.20. The molecule has 0 aromatic heterocycles. The van der Waals surface area contributed by atoms with Gasteiger partial charge in [0.05, 0.1) is 20.3 Å². The van der Waals surface area contributed by atoms with E-state index in [-0.39, 0.29) is 0 Å². The number of hydrogen-bond acceptors (Lipinski definition) is 5. The molecule has 0 amide bonds. The first-order valence-electron chi connectivity index (χ1n) is 6.81. The maximum atomic E-state index is 5.69. The van der Waals surface area contributed by atoms with Crippen LogP contribution < -0.4 is 10.5 Å². The molecule has 0 atom stereocenters.